The fourth-order valence-electron chi connectivity index (χ4n) is 3.59. The van der Waals surface area contributed by atoms with Gasteiger partial charge in [-0.1, -0.05) is 0 Å². The number of aromatic nitrogens is 5. The molecule has 1 saturated carbocycles. The van der Waals surface area contributed by atoms with Gasteiger partial charge in [-0.25, -0.2) is 23.3 Å². The first kappa shape index (κ1) is 13.9. The molecular weight excluding hydrogens is 444 g/mol. The summed E-state index contributed by atoms with van der Waals surface area (Å²) in [6.45, 7) is -12.8. The summed E-state index contributed by atoms with van der Waals surface area (Å²) in [5.41, 5.74) is -0.451. The SMILES string of the molecule is [2H]C1([2H])OC([2H])([2H])C([2H])([2H])N(c2ccc3nc(-c4cnc(C(F)F)c5cnc(NC(=O)C6CC6)cc45)nn3c2)C1([2H])[2H]. The second-order valence-electron chi connectivity index (χ2n) is 7.73. The van der Waals surface area contributed by atoms with E-state index in [0.29, 0.717) is 4.90 Å². The highest BCUT2D eigenvalue weighted by Gasteiger charge is 2.30. The Hall–Kier alpha value is -3.73. The van der Waals surface area contributed by atoms with Gasteiger partial charge in [-0.2, -0.15) is 0 Å². The molecule has 1 N–H and O–H groups in total. The molecule has 2 fully saturated rings. The van der Waals surface area contributed by atoms with Crippen molar-refractivity contribution in [3.63, 3.8) is 0 Å². The molecule has 0 unspecified atom stereocenters. The van der Waals surface area contributed by atoms with Crippen LogP contribution in [0.1, 0.15) is 35.9 Å². The predicted molar refractivity (Wildman–Crippen MR) is 121 cm³/mol. The van der Waals surface area contributed by atoms with Crippen LogP contribution in [0.15, 0.2) is 36.8 Å². The highest BCUT2D eigenvalue weighted by Crippen LogP contribution is 2.34. The van der Waals surface area contributed by atoms with Crippen molar-refractivity contribution in [2.45, 2.75) is 19.3 Å². The van der Waals surface area contributed by atoms with Gasteiger partial charge >= 0.3 is 0 Å². The van der Waals surface area contributed by atoms with Gasteiger partial charge in [0.2, 0.25) is 5.91 Å². The number of rotatable bonds is 5. The fourth-order valence-corrected chi connectivity index (χ4v) is 3.59. The van der Waals surface area contributed by atoms with Gasteiger partial charge in [-0.3, -0.25) is 9.78 Å². The zero-order chi connectivity index (χ0) is 30.4. The number of pyridine rings is 3. The molecule has 0 radical (unpaired) electrons. The number of nitrogens with one attached hydrogen (secondary N) is 1. The van der Waals surface area contributed by atoms with Gasteiger partial charge in [0, 0.05) is 47.6 Å². The number of ether oxygens (including phenoxy) is 1. The van der Waals surface area contributed by atoms with E-state index in [4.69, 9.17) is 11.0 Å². The van der Waals surface area contributed by atoms with Crippen molar-refractivity contribution in [1.29, 1.82) is 0 Å². The van der Waals surface area contributed by atoms with Crippen LogP contribution in [0.25, 0.3) is 27.8 Å². The fraction of sp³-hybridized carbons (Fsp3) is 0.348. The molecule has 4 aromatic heterocycles. The van der Waals surface area contributed by atoms with E-state index >= 15 is 0 Å². The first-order valence-corrected chi connectivity index (χ1v) is 10.3. The lowest BCUT2D eigenvalue weighted by atomic mass is 10.1. The van der Waals surface area contributed by atoms with Crippen molar-refractivity contribution < 1.29 is 29.3 Å². The van der Waals surface area contributed by atoms with Gasteiger partial charge in [-0.05, 0) is 31.0 Å². The number of morpholine rings is 1. The van der Waals surface area contributed by atoms with Gasteiger partial charge in [-0.15, -0.1) is 5.10 Å². The minimum atomic E-state index is -3.25. The predicted octanol–water partition coefficient (Wildman–Crippen LogP) is 3.46. The van der Waals surface area contributed by atoms with Crippen molar-refractivity contribution in [3.8, 4) is 11.4 Å². The van der Waals surface area contributed by atoms with E-state index in [1.807, 2.05) is 0 Å². The third-order valence-electron chi connectivity index (χ3n) is 5.44. The zero-order valence-electron chi connectivity index (χ0n) is 25.3. The monoisotopic (exact) mass is 473 g/mol. The van der Waals surface area contributed by atoms with Gasteiger partial charge in [0.15, 0.2) is 11.5 Å². The van der Waals surface area contributed by atoms with Crippen LogP contribution < -0.4 is 10.2 Å². The van der Waals surface area contributed by atoms with Gasteiger partial charge in [0.25, 0.3) is 6.43 Å². The molecule has 1 amide bonds. The third-order valence-corrected chi connectivity index (χ3v) is 5.44. The number of hydrogen-bond donors (Lipinski definition) is 1. The largest absolute Gasteiger partial charge is 0.378 e. The van der Waals surface area contributed by atoms with Crippen molar-refractivity contribution >= 4 is 33.8 Å². The van der Waals surface area contributed by atoms with Gasteiger partial charge in [0.1, 0.15) is 11.5 Å². The number of carbonyl (C=O) groups excluding carboxylic acids is 1. The van der Waals surface area contributed by atoms with Crippen LogP contribution in [0.5, 0.6) is 0 Å². The maximum atomic E-state index is 13.8. The van der Waals surface area contributed by atoms with Crippen LogP contribution in [-0.2, 0) is 9.53 Å². The number of alkyl halides is 2. The lowest BCUT2D eigenvalue weighted by Crippen LogP contribution is -2.36. The van der Waals surface area contributed by atoms with E-state index in [1.165, 1.54) is 24.4 Å². The number of fused-ring (bicyclic) bond motifs is 2. The van der Waals surface area contributed by atoms with E-state index in [1.54, 1.807) is 0 Å². The Morgan fingerprint density at radius 1 is 1.18 bits per heavy atom. The second-order valence-corrected chi connectivity index (χ2v) is 7.73. The minimum Gasteiger partial charge on any atom is -0.378 e. The molecule has 0 aromatic carbocycles. The smallest absolute Gasteiger partial charge is 0.281 e. The maximum Gasteiger partial charge on any atom is 0.281 e. The molecule has 11 heteroatoms. The number of anilines is 2. The quantitative estimate of drug-likeness (QED) is 0.474. The minimum absolute atomic E-state index is 0.00482. The molecule has 1 saturated heterocycles. The lowest BCUT2D eigenvalue weighted by Gasteiger charge is -2.28. The lowest BCUT2D eigenvalue weighted by molar-refractivity contribution is -0.117. The van der Waals surface area contributed by atoms with Gasteiger partial charge in [0.05, 0.1) is 36.0 Å². The Labute approximate surface area is 204 Å². The van der Waals surface area contributed by atoms with Crippen molar-refractivity contribution in [2.24, 2.45) is 5.92 Å². The molecule has 2 aliphatic rings. The average molecular weight is 474 g/mol. The summed E-state index contributed by atoms with van der Waals surface area (Å²) in [6, 6.07) is 3.95. The summed E-state index contributed by atoms with van der Waals surface area (Å²) in [5, 5.41) is 7.24. The summed E-state index contributed by atoms with van der Waals surface area (Å²) < 4.78 is 98.0. The molecule has 0 spiro atoms. The molecule has 1 aliphatic carbocycles. The molecule has 0 atom stereocenters. The normalized spacial score (nSPS) is 25.9. The zero-order valence-corrected chi connectivity index (χ0v) is 17.3. The first-order valence-electron chi connectivity index (χ1n) is 14.3. The van der Waals surface area contributed by atoms with Crippen LogP contribution in [-0.4, -0.2) is 56.6 Å². The maximum absolute atomic E-state index is 13.8. The number of halogens is 2. The summed E-state index contributed by atoms with van der Waals surface area (Å²) in [7, 11) is 0. The summed E-state index contributed by atoms with van der Waals surface area (Å²) in [4.78, 5) is 24.9. The summed E-state index contributed by atoms with van der Waals surface area (Å²) in [5.74, 6) is -0.227. The first-order chi connectivity index (χ1) is 19.5. The Morgan fingerprint density at radius 3 is 2.76 bits per heavy atom. The van der Waals surface area contributed by atoms with E-state index in [2.05, 4.69) is 30.1 Å². The van der Waals surface area contributed by atoms with Crippen LogP contribution in [0, 0.1) is 5.92 Å². The highest BCUT2D eigenvalue weighted by atomic mass is 19.3. The highest BCUT2D eigenvalue weighted by molar-refractivity contribution is 6.00. The Bertz CT molecular complexity index is 1720. The van der Waals surface area contributed by atoms with Crippen LogP contribution in [0.3, 0.4) is 0 Å². The van der Waals surface area contributed by atoms with Crippen molar-refractivity contribution in [1.82, 2.24) is 24.6 Å². The molecule has 174 valence electrons. The van der Waals surface area contributed by atoms with Crippen LogP contribution in [0.4, 0.5) is 20.3 Å². The summed E-state index contributed by atoms with van der Waals surface area (Å²) >= 11 is 0. The Morgan fingerprint density at radius 2 is 2.00 bits per heavy atom. The number of amides is 1. The Balaban J connectivity index is 1.46. The molecule has 34 heavy (non-hydrogen) atoms. The van der Waals surface area contributed by atoms with E-state index < -0.39 is 38.2 Å². The standard InChI is InChI=1S/C23H21F2N7O2/c24-21(25)20-16-10-26-18(28-23(33)13-1-2-13)9-15(16)17(11-27-20)22-29-19-4-3-14(12-32(19)30-22)31-5-7-34-8-6-31/h3-4,9-13,21H,1-2,5-8H2,(H,26,28,33)/i5D2,6D2,7D2,8D2. The van der Waals surface area contributed by atoms with Crippen molar-refractivity contribution in [3.05, 3.63) is 42.5 Å². The van der Waals surface area contributed by atoms with E-state index in [-0.39, 0.29) is 51.1 Å². The van der Waals surface area contributed by atoms with Crippen molar-refractivity contribution in [2.75, 3.05) is 36.3 Å². The number of nitrogens with zero attached hydrogens (tertiary/aromatic N) is 6. The molecule has 1 aliphatic heterocycles. The summed E-state index contributed by atoms with van der Waals surface area (Å²) in [6.07, 6.45) is 2.03. The number of hydrogen-bond acceptors (Lipinski definition) is 7. The number of carbonyl (C=O) groups is 1. The Kier molecular flexibility index (Phi) is 3.36. The second kappa shape index (κ2) is 8.24. The van der Waals surface area contributed by atoms with E-state index in [9.17, 15) is 13.6 Å². The molecule has 6 rings (SSSR count). The topological polar surface area (TPSA) is 97.5 Å². The molecule has 5 heterocycles. The molecular formula is C23H21F2N7O2. The third kappa shape index (κ3) is 3.81. The van der Waals surface area contributed by atoms with Gasteiger partial charge < -0.3 is 15.0 Å². The molecule has 0 bridgehead atoms. The van der Waals surface area contributed by atoms with Crippen LogP contribution in [0.2, 0.25) is 0 Å². The van der Waals surface area contributed by atoms with E-state index in [0.717, 1.165) is 29.8 Å². The molecule has 9 nitrogen and oxygen atoms in total. The van der Waals surface area contributed by atoms with Crippen LogP contribution >= 0.6 is 0 Å². The average Bonchev–Trinajstić information content (AvgIpc) is 3.65. The molecule has 4 aromatic rings.